The second-order valence-electron chi connectivity index (χ2n) is 7.45. The van der Waals surface area contributed by atoms with Crippen LogP contribution in [0.3, 0.4) is 0 Å². The number of aromatic nitrogens is 1. The molecule has 2 N–H and O–H groups in total. The van der Waals surface area contributed by atoms with Gasteiger partial charge in [0.25, 0.3) is 0 Å². The molecule has 0 bridgehead atoms. The number of nitrogens with one attached hydrogen (secondary N) is 2. The number of anilines is 1. The highest BCUT2D eigenvalue weighted by molar-refractivity contribution is 14.0. The number of ether oxygens (including phenoxy) is 1. The van der Waals surface area contributed by atoms with Crippen LogP contribution in [0.5, 0.6) is 5.75 Å². The van der Waals surface area contributed by atoms with Gasteiger partial charge in [-0.3, -0.25) is 4.99 Å². The van der Waals surface area contributed by atoms with Gasteiger partial charge in [0.1, 0.15) is 11.6 Å². The molecule has 1 aromatic carbocycles. The van der Waals surface area contributed by atoms with Crippen molar-refractivity contribution in [3.63, 3.8) is 0 Å². The molecule has 0 amide bonds. The molecule has 29 heavy (non-hydrogen) atoms. The van der Waals surface area contributed by atoms with Gasteiger partial charge in [0.05, 0.1) is 12.6 Å². The van der Waals surface area contributed by atoms with Crippen molar-refractivity contribution in [1.29, 1.82) is 0 Å². The van der Waals surface area contributed by atoms with E-state index in [4.69, 9.17) is 4.74 Å². The van der Waals surface area contributed by atoms with Crippen molar-refractivity contribution >= 4 is 35.8 Å². The predicted molar refractivity (Wildman–Crippen MR) is 133 cm³/mol. The number of aliphatic imine (C=N–C) groups is 1. The number of hydrogen-bond donors (Lipinski definition) is 2. The third-order valence-electron chi connectivity index (χ3n) is 4.28. The van der Waals surface area contributed by atoms with E-state index in [0.717, 1.165) is 29.7 Å². The van der Waals surface area contributed by atoms with Crippen molar-refractivity contribution in [2.75, 3.05) is 32.6 Å². The van der Waals surface area contributed by atoms with Crippen LogP contribution >= 0.6 is 24.0 Å². The van der Waals surface area contributed by atoms with Crippen LogP contribution in [0.2, 0.25) is 0 Å². The van der Waals surface area contributed by atoms with Gasteiger partial charge in [-0.25, -0.2) is 4.98 Å². The number of nitrogens with zero attached hydrogens (tertiary/aromatic N) is 3. The van der Waals surface area contributed by atoms with E-state index in [2.05, 4.69) is 59.6 Å². The summed E-state index contributed by atoms with van der Waals surface area (Å²) in [5.41, 5.74) is 2.30. The van der Waals surface area contributed by atoms with E-state index in [0.29, 0.717) is 12.5 Å². The van der Waals surface area contributed by atoms with Crippen LogP contribution < -0.4 is 20.3 Å². The number of halogens is 1. The Bertz CT molecular complexity index is 762. The zero-order valence-electron chi connectivity index (χ0n) is 18.3. The quantitative estimate of drug-likeness (QED) is 0.316. The van der Waals surface area contributed by atoms with Crippen molar-refractivity contribution in [3.05, 3.63) is 53.7 Å². The number of benzene rings is 1. The molecule has 0 aliphatic carbocycles. The standard InChI is InChI=1S/C22H33N5O.HI/c1-16(2)15-28-20-11-9-18(10-12-20)17(3)26-22(23-4)25-14-19-8-7-13-24-21(19)27(5)6;/h7-13,16-17H,14-15H2,1-6H3,(H2,23,25,26);1H. The molecule has 0 aliphatic heterocycles. The maximum absolute atomic E-state index is 5.76. The molecule has 1 atom stereocenters. The van der Waals surface area contributed by atoms with Gasteiger partial charge >= 0.3 is 0 Å². The van der Waals surface area contributed by atoms with Crippen LogP contribution in [0.25, 0.3) is 0 Å². The molecular weight excluding hydrogens is 477 g/mol. The second kappa shape index (κ2) is 12.5. The first-order valence-electron chi connectivity index (χ1n) is 9.71. The fourth-order valence-electron chi connectivity index (χ4n) is 2.75. The first-order valence-corrected chi connectivity index (χ1v) is 9.71. The van der Waals surface area contributed by atoms with Gasteiger partial charge in [0, 0.05) is 39.4 Å². The average Bonchev–Trinajstić information content (AvgIpc) is 2.69. The third kappa shape index (κ3) is 8.08. The van der Waals surface area contributed by atoms with E-state index < -0.39 is 0 Å². The lowest BCUT2D eigenvalue weighted by molar-refractivity contribution is 0.271. The van der Waals surface area contributed by atoms with Crippen molar-refractivity contribution < 1.29 is 4.74 Å². The van der Waals surface area contributed by atoms with Gasteiger partial charge in [0.2, 0.25) is 0 Å². The molecule has 2 rings (SSSR count). The first kappa shape index (κ1) is 25.0. The Labute approximate surface area is 192 Å². The maximum atomic E-state index is 5.76. The molecule has 1 aromatic heterocycles. The smallest absolute Gasteiger partial charge is 0.191 e. The predicted octanol–water partition coefficient (Wildman–Crippen LogP) is 4.23. The zero-order valence-corrected chi connectivity index (χ0v) is 20.6. The monoisotopic (exact) mass is 511 g/mol. The van der Waals surface area contributed by atoms with Gasteiger partial charge in [-0.1, -0.05) is 32.0 Å². The highest BCUT2D eigenvalue weighted by Crippen LogP contribution is 2.18. The van der Waals surface area contributed by atoms with Crippen molar-refractivity contribution in [1.82, 2.24) is 15.6 Å². The van der Waals surface area contributed by atoms with Crippen molar-refractivity contribution in [2.24, 2.45) is 10.9 Å². The lowest BCUT2D eigenvalue weighted by atomic mass is 10.1. The minimum atomic E-state index is 0. The van der Waals surface area contributed by atoms with Gasteiger partial charge in [-0.05, 0) is 36.6 Å². The zero-order chi connectivity index (χ0) is 20.5. The Morgan fingerprint density at radius 1 is 1.14 bits per heavy atom. The van der Waals surface area contributed by atoms with Gasteiger partial charge in [-0.15, -0.1) is 24.0 Å². The van der Waals surface area contributed by atoms with Crippen molar-refractivity contribution in [2.45, 2.75) is 33.4 Å². The lowest BCUT2D eigenvalue weighted by Gasteiger charge is -2.20. The van der Waals surface area contributed by atoms with Gasteiger partial charge in [-0.2, -0.15) is 0 Å². The van der Waals surface area contributed by atoms with E-state index in [1.165, 1.54) is 5.56 Å². The number of rotatable bonds is 8. The van der Waals surface area contributed by atoms with Gasteiger partial charge < -0.3 is 20.3 Å². The fourth-order valence-corrected chi connectivity index (χ4v) is 2.75. The molecule has 7 heteroatoms. The largest absolute Gasteiger partial charge is 0.493 e. The van der Waals surface area contributed by atoms with Gasteiger partial charge in [0.15, 0.2) is 5.96 Å². The molecule has 0 spiro atoms. The minimum Gasteiger partial charge on any atom is -0.493 e. The molecule has 2 aromatic rings. The highest BCUT2D eigenvalue weighted by Gasteiger charge is 2.10. The molecule has 1 unspecified atom stereocenters. The van der Waals surface area contributed by atoms with E-state index >= 15 is 0 Å². The van der Waals surface area contributed by atoms with Crippen LogP contribution in [0.1, 0.15) is 37.9 Å². The number of guanidine groups is 1. The number of pyridine rings is 1. The Balaban J connectivity index is 0.00000420. The molecule has 1 heterocycles. The second-order valence-corrected chi connectivity index (χ2v) is 7.45. The average molecular weight is 511 g/mol. The van der Waals surface area contributed by atoms with Crippen LogP contribution in [0.4, 0.5) is 5.82 Å². The minimum absolute atomic E-state index is 0. The van der Waals surface area contributed by atoms with Crippen LogP contribution in [0.15, 0.2) is 47.6 Å². The molecule has 0 fully saturated rings. The first-order chi connectivity index (χ1) is 13.4. The number of hydrogen-bond acceptors (Lipinski definition) is 4. The van der Waals surface area contributed by atoms with E-state index in [1.54, 1.807) is 7.05 Å². The summed E-state index contributed by atoms with van der Waals surface area (Å²) in [6.45, 7) is 7.78. The van der Waals surface area contributed by atoms with Crippen LogP contribution in [0, 0.1) is 5.92 Å². The molecular formula is C22H34IN5O. The summed E-state index contributed by atoms with van der Waals surface area (Å²) in [5.74, 6) is 3.12. The molecule has 0 radical (unpaired) electrons. The lowest BCUT2D eigenvalue weighted by Crippen LogP contribution is -2.38. The highest BCUT2D eigenvalue weighted by atomic mass is 127. The summed E-state index contributed by atoms with van der Waals surface area (Å²) in [5, 5.41) is 6.81. The Hall–Kier alpha value is -2.03. The molecule has 160 valence electrons. The van der Waals surface area contributed by atoms with Crippen LogP contribution in [-0.2, 0) is 6.54 Å². The summed E-state index contributed by atoms with van der Waals surface area (Å²) >= 11 is 0. The summed E-state index contributed by atoms with van der Waals surface area (Å²) < 4.78 is 5.76. The topological polar surface area (TPSA) is 61.8 Å². The summed E-state index contributed by atoms with van der Waals surface area (Å²) in [6.07, 6.45) is 1.81. The Kier molecular flexibility index (Phi) is 10.8. The third-order valence-corrected chi connectivity index (χ3v) is 4.28. The molecule has 0 aliphatic rings. The van der Waals surface area contributed by atoms with E-state index in [-0.39, 0.29) is 30.0 Å². The molecule has 0 saturated carbocycles. The van der Waals surface area contributed by atoms with E-state index in [9.17, 15) is 0 Å². The Morgan fingerprint density at radius 3 is 2.41 bits per heavy atom. The SMILES string of the molecule is CN=C(NCc1cccnc1N(C)C)NC(C)c1ccc(OCC(C)C)cc1.I. The van der Waals surface area contributed by atoms with Crippen LogP contribution in [-0.4, -0.2) is 38.7 Å². The normalized spacial score (nSPS) is 12.2. The summed E-state index contributed by atoms with van der Waals surface area (Å²) in [4.78, 5) is 10.8. The Morgan fingerprint density at radius 2 is 1.83 bits per heavy atom. The molecule has 0 saturated heterocycles. The van der Waals surface area contributed by atoms with E-state index in [1.807, 2.05) is 43.4 Å². The summed E-state index contributed by atoms with van der Waals surface area (Å²) in [7, 11) is 5.77. The maximum Gasteiger partial charge on any atom is 0.191 e. The molecule has 6 nitrogen and oxygen atoms in total. The van der Waals surface area contributed by atoms with Crippen molar-refractivity contribution in [3.8, 4) is 5.75 Å². The summed E-state index contributed by atoms with van der Waals surface area (Å²) in [6, 6.07) is 12.4. The fraction of sp³-hybridized carbons (Fsp3) is 0.455.